The zero-order valence-electron chi connectivity index (χ0n) is 15.0. The monoisotopic (exact) mass is 389 g/mol. The van der Waals surface area contributed by atoms with Gasteiger partial charge in [0.05, 0.1) is 29.5 Å². The molecule has 8 heteroatoms. The first-order valence-corrected chi connectivity index (χ1v) is 8.45. The number of halogens is 3. The molecule has 2 aromatic carbocycles. The number of rotatable bonds is 7. The average molecular weight is 389 g/mol. The zero-order valence-corrected chi connectivity index (χ0v) is 15.0. The second-order valence-electron chi connectivity index (χ2n) is 6.03. The summed E-state index contributed by atoms with van der Waals surface area (Å²) < 4.78 is 43.3. The summed E-state index contributed by atoms with van der Waals surface area (Å²) >= 11 is 0. The molecule has 0 atom stereocenters. The first-order chi connectivity index (χ1) is 13.4. The van der Waals surface area contributed by atoms with Gasteiger partial charge in [0.1, 0.15) is 19.0 Å². The molecule has 0 aliphatic heterocycles. The summed E-state index contributed by atoms with van der Waals surface area (Å²) in [4.78, 5) is 12.1. The van der Waals surface area contributed by atoms with Crippen LogP contribution >= 0.6 is 0 Å². The van der Waals surface area contributed by atoms with E-state index in [0.29, 0.717) is 23.6 Å². The SMILES string of the molecule is CC(=NOCc1ccc(C(F)(F)F)cc1)c1ccc(OCc2cnc[nH]2)cc1. The number of H-pyrrole nitrogens is 1. The van der Waals surface area contributed by atoms with Crippen LogP contribution in [-0.4, -0.2) is 15.7 Å². The van der Waals surface area contributed by atoms with Gasteiger partial charge in [0.25, 0.3) is 0 Å². The molecule has 0 radical (unpaired) electrons. The summed E-state index contributed by atoms with van der Waals surface area (Å²) in [6, 6.07) is 12.1. The number of aromatic amines is 1. The molecule has 0 saturated heterocycles. The third-order valence-corrected chi connectivity index (χ3v) is 3.94. The highest BCUT2D eigenvalue weighted by Crippen LogP contribution is 2.29. The third-order valence-electron chi connectivity index (χ3n) is 3.94. The van der Waals surface area contributed by atoms with Gasteiger partial charge in [-0.1, -0.05) is 17.3 Å². The molecule has 1 aromatic heterocycles. The Kier molecular flexibility index (Phi) is 5.98. The lowest BCUT2D eigenvalue weighted by Gasteiger charge is -2.08. The van der Waals surface area contributed by atoms with Crippen LogP contribution in [0.25, 0.3) is 0 Å². The van der Waals surface area contributed by atoms with Crippen molar-refractivity contribution in [2.24, 2.45) is 5.16 Å². The van der Waals surface area contributed by atoms with Crippen LogP contribution in [0.5, 0.6) is 5.75 Å². The van der Waals surface area contributed by atoms with E-state index in [1.807, 2.05) is 24.3 Å². The van der Waals surface area contributed by atoms with E-state index in [1.54, 1.807) is 19.4 Å². The Bertz CT molecular complexity index is 903. The maximum atomic E-state index is 12.5. The Labute approximate surface area is 159 Å². The fourth-order valence-electron chi connectivity index (χ4n) is 2.36. The highest BCUT2D eigenvalue weighted by atomic mass is 19.4. The van der Waals surface area contributed by atoms with Crippen LogP contribution in [0.2, 0.25) is 0 Å². The summed E-state index contributed by atoms with van der Waals surface area (Å²) in [5, 5.41) is 4.02. The lowest BCUT2D eigenvalue weighted by atomic mass is 10.1. The minimum absolute atomic E-state index is 0.0842. The van der Waals surface area contributed by atoms with Crippen molar-refractivity contribution >= 4 is 5.71 Å². The first-order valence-electron chi connectivity index (χ1n) is 8.45. The zero-order chi connectivity index (χ0) is 20.0. The summed E-state index contributed by atoms with van der Waals surface area (Å²) in [5.41, 5.74) is 2.28. The third kappa shape index (κ3) is 5.35. The second-order valence-corrected chi connectivity index (χ2v) is 6.03. The van der Waals surface area contributed by atoms with Gasteiger partial charge in [0.2, 0.25) is 0 Å². The fourth-order valence-corrected chi connectivity index (χ4v) is 2.36. The molecule has 146 valence electrons. The average Bonchev–Trinajstić information content (AvgIpc) is 3.20. The molecule has 3 rings (SSSR count). The number of ether oxygens (including phenoxy) is 1. The Hall–Kier alpha value is -3.29. The van der Waals surface area contributed by atoms with Crippen LogP contribution in [0.4, 0.5) is 13.2 Å². The van der Waals surface area contributed by atoms with Crippen molar-refractivity contribution in [1.29, 1.82) is 0 Å². The van der Waals surface area contributed by atoms with Crippen molar-refractivity contribution < 1.29 is 22.7 Å². The number of aromatic nitrogens is 2. The highest BCUT2D eigenvalue weighted by molar-refractivity contribution is 5.98. The van der Waals surface area contributed by atoms with Gasteiger partial charge in [-0.05, 0) is 54.4 Å². The maximum absolute atomic E-state index is 12.5. The van der Waals surface area contributed by atoms with Crippen molar-refractivity contribution in [3.63, 3.8) is 0 Å². The molecule has 0 spiro atoms. The van der Waals surface area contributed by atoms with Gasteiger partial charge in [-0.2, -0.15) is 13.2 Å². The number of alkyl halides is 3. The van der Waals surface area contributed by atoms with Crippen LogP contribution in [-0.2, 0) is 24.2 Å². The molecule has 0 aliphatic rings. The Morgan fingerprint density at radius 1 is 1.04 bits per heavy atom. The first kappa shape index (κ1) is 19.5. The predicted octanol–water partition coefficient (Wildman–Crippen LogP) is 4.95. The Balaban J connectivity index is 1.51. The Morgan fingerprint density at radius 2 is 1.75 bits per heavy atom. The molecule has 3 aromatic rings. The van der Waals surface area contributed by atoms with Gasteiger partial charge in [-0.25, -0.2) is 4.98 Å². The van der Waals surface area contributed by atoms with Crippen molar-refractivity contribution in [3.05, 3.63) is 83.4 Å². The number of nitrogens with zero attached hydrogens (tertiary/aromatic N) is 2. The van der Waals surface area contributed by atoms with Crippen molar-refractivity contribution in [3.8, 4) is 5.75 Å². The van der Waals surface area contributed by atoms with E-state index in [-0.39, 0.29) is 6.61 Å². The van der Waals surface area contributed by atoms with E-state index in [0.717, 1.165) is 23.4 Å². The molecule has 0 fully saturated rings. The van der Waals surface area contributed by atoms with Crippen LogP contribution < -0.4 is 4.74 Å². The number of benzene rings is 2. The number of oxime groups is 1. The van der Waals surface area contributed by atoms with Gasteiger partial charge < -0.3 is 14.6 Å². The molecule has 0 saturated carbocycles. The van der Waals surface area contributed by atoms with Gasteiger partial charge in [-0.15, -0.1) is 0 Å². The normalized spacial score (nSPS) is 12.1. The maximum Gasteiger partial charge on any atom is 0.416 e. The largest absolute Gasteiger partial charge is 0.487 e. The minimum Gasteiger partial charge on any atom is -0.487 e. The molecule has 1 N–H and O–H groups in total. The summed E-state index contributed by atoms with van der Waals surface area (Å²) in [6.07, 6.45) is -1.06. The second kappa shape index (κ2) is 8.60. The quantitative estimate of drug-likeness (QED) is 0.460. The molecular weight excluding hydrogens is 371 g/mol. The van der Waals surface area contributed by atoms with Crippen LogP contribution in [0.1, 0.15) is 29.3 Å². The van der Waals surface area contributed by atoms with Crippen molar-refractivity contribution in [2.75, 3.05) is 0 Å². The fraction of sp³-hybridized carbons (Fsp3) is 0.200. The van der Waals surface area contributed by atoms with Gasteiger partial charge in [0.15, 0.2) is 0 Å². The van der Waals surface area contributed by atoms with Gasteiger partial charge in [-0.3, -0.25) is 0 Å². The van der Waals surface area contributed by atoms with Crippen LogP contribution in [0.3, 0.4) is 0 Å². The van der Waals surface area contributed by atoms with Gasteiger partial charge in [0, 0.05) is 0 Å². The smallest absolute Gasteiger partial charge is 0.416 e. The molecule has 0 aliphatic carbocycles. The number of hydrogen-bond acceptors (Lipinski definition) is 4. The highest BCUT2D eigenvalue weighted by Gasteiger charge is 2.29. The molecule has 0 amide bonds. The number of hydrogen-bond donors (Lipinski definition) is 1. The topological polar surface area (TPSA) is 59.5 Å². The minimum atomic E-state index is -4.34. The lowest BCUT2D eigenvalue weighted by molar-refractivity contribution is -0.137. The van der Waals surface area contributed by atoms with Crippen molar-refractivity contribution in [2.45, 2.75) is 26.3 Å². The Morgan fingerprint density at radius 3 is 2.36 bits per heavy atom. The van der Waals surface area contributed by atoms with E-state index in [2.05, 4.69) is 15.1 Å². The summed E-state index contributed by atoms with van der Waals surface area (Å²) in [5.74, 6) is 0.705. The molecule has 0 unspecified atom stereocenters. The summed E-state index contributed by atoms with van der Waals surface area (Å²) in [6.45, 7) is 2.26. The standard InChI is InChI=1S/C20H18F3N3O2/c1-14(26-28-11-15-2-6-17(7-3-15)20(21,22)23)16-4-8-19(9-5-16)27-12-18-10-24-13-25-18/h2-10,13H,11-12H2,1H3,(H,24,25). The molecule has 1 heterocycles. The van der Waals surface area contributed by atoms with E-state index in [1.165, 1.54) is 12.1 Å². The van der Waals surface area contributed by atoms with E-state index in [9.17, 15) is 13.2 Å². The lowest BCUT2D eigenvalue weighted by Crippen LogP contribution is -2.04. The molecule has 5 nitrogen and oxygen atoms in total. The van der Waals surface area contributed by atoms with Crippen LogP contribution in [0.15, 0.2) is 66.2 Å². The molecular formula is C20H18F3N3O2. The van der Waals surface area contributed by atoms with E-state index < -0.39 is 11.7 Å². The van der Waals surface area contributed by atoms with E-state index in [4.69, 9.17) is 9.57 Å². The predicted molar refractivity (Wildman–Crippen MR) is 97.8 cm³/mol. The molecule has 28 heavy (non-hydrogen) atoms. The van der Waals surface area contributed by atoms with Crippen LogP contribution in [0, 0.1) is 0 Å². The van der Waals surface area contributed by atoms with E-state index >= 15 is 0 Å². The number of nitrogens with one attached hydrogen (secondary N) is 1. The number of imidazole rings is 1. The summed E-state index contributed by atoms with van der Waals surface area (Å²) in [7, 11) is 0. The molecule has 0 bridgehead atoms. The van der Waals surface area contributed by atoms with Crippen molar-refractivity contribution in [1.82, 2.24) is 9.97 Å². The van der Waals surface area contributed by atoms with Gasteiger partial charge >= 0.3 is 6.18 Å².